The van der Waals surface area contributed by atoms with E-state index in [9.17, 15) is 4.79 Å². The monoisotopic (exact) mass is 236 g/mol. The van der Waals surface area contributed by atoms with Gasteiger partial charge in [0.25, 0.3) is 0 Å². The lowest BCUT2D eigenvalue weighted by Gasteiger charge is -2.25. The molecule has 1 aliphatic heterocycles. The maximum atomic E-state index is 12.0. The molecular formula is C13H16O4. The Morgan fingerprint density at radius 2 is 2.12 bits per heavy atom. The van der Waals surface area contributed by atoms with E-state index >= 15 is 0 Å². The Bertz CT molecular complexity index is 439. The summed E-state index contributed by atoms with van der Waals surface area (Å²) in [5.41, 5.74) is 0.526. The minimum atomic E-state index is -0.0492. The molecule has 0 bridgehead atoms. The number of hydrogen-bond donors (Lipinski definition) is 0. The van der Waals surface area contributed by atoms with Gasteiger partial charge in [0.2, 0.25) is 0 Å². The summed E-state index contributed by atoms with van der Waals surface area (Å²) in [6.07, 6.45) is 1.17. The quantitative estimate of drug-likeness (QED) is 0.808. The number of ether oxygens (including phenoxy) is 3. The number of rotatable bonds is 3. The van der Waals surface area contributed by atoms with Crippen LogP contribution in [0.25, 0.3) is 0 Å². The van der Waals surface area contributed by atoms with Crippen molar-refractivity contribution in [1.82, 2.24) is 0 Å². The van der Waals surface area contributed by atoms with Crippen LogP contribution in [0.1, 0.15) is 30.1 Å². The topological polar surface area (TPSA) is 44.8 Å². The van der Waals surface area contributed by atoms with Crippen molar-refractivity contribution in [3.05, 3.63) is 17.7 Å². The third-order valence-corrected chi connectivity index (χ3v) is 2.94. The van der Waals surface area contributed by atoms with Gasteiger partial charge in [-0.2, -0.15) is 0 Å². The van der Waals surface area contributed by atoms with Gasteiger partial charge in [-0.3, -0.25) is 4.79 Å². The highest BCUT2D eigenvalue weighted by atomic mass is 16.5. The second kappa shape index (κ2) is 4.65. The van der Waals surface area contributed by atoms with Crippen LogP contribution < -0.4 is 14.2 Å². The molecule has 0 N–H and O–H groups in total. The molecule has 0 aromatic heterocycles. The van der Waals surface area contributed by atoms with Crippen LogP contribution in [0, 0.1) is 0 Å². The van der Waals surface area contributed by atoms with Gasteiger partial charge in [-0.15, -0.1) is 0 Å². The molecule has 0 unspecified atom stereocenters. The van der Waals surface area contributed by atoms with E-state index < -0.39 is 0 Å². The molecule has 1 heterocycles. The zero-order valence-corrected chi connectivity index (χ0v) is 10.3. The molecule has 1 aromatic carbocycles. The van der Waals surface area contributed by atoms with Crippen molar-refractivity contribution in [2.75, 3.05) is 14.2 Å². The van der Waals surface area contributed by atoms with Crippen molar-refractivity contribution < 1.29 is 19.0 Å². The number of benzene rings is 1. The summed E-state index contributed by atoms with van der Waals surface area (Å²) >= 11 is 0. The summed E-state index contributed by atoms with van der Waals surface area (Å²) in [5, 5.41) is 0. The van der Waals surface area contributed by atoms with E-state index in [1.807, 2.05) is 6.92 Å². The highest BCUT2D eigenvalue weighted by Gasteiger charge is 2.29. The molecule has 0 spiro atoms. The lowest BCUT2D eigenvalue weighted by atomic mass is 9.98. The first kappa shape index (κ1) is 11.8. The maximum Gasteiger partial charge on any atom is 0.174 e. The molecule has 4 heteroatoms. The van der Waals surface area contributed by atoms with E-state index in [1.54, 1.807) is 19.2 Å². The number of Topliss-reactive ketones (excluding diaryl/α,β-unsaturated/α-hetero) is 1. The van der Waals surface area contributed by atoms with Crippen LogP contribution in [0.15, 0.2) is 12.1 Å². The lowest BCUT2D eigenvalue weighted by Crippen LogP contribution is -2.26. The molecule has 17 heavy (non-hydrogen) atoms. The van der Waals surface area contributed by atoms with E-state index in [0.29, 0.717) is 29.2 Å². The highest BCUT2D eigenvalue weighted by Crippen LogP contribution is 2.38. The molecule has 92 valence electrons. The summed E-state index contributed by atoms with van der Waals surface area (Å²) in [4.78, 5) is 12.0. The number of methoxy groups -OCH3 is 2. The van der Waals surface area contributed by atoms with Gasteiger partial charge in [0.1, 0.15) is 28.9 Å². The third-order valence-electron chi connectivity index (χ3n) is 2.94. The predicted molar refractivity (Wildman–Crippen MR) is 63.2 cm³/mol. The zero-order chi connectivity index (χ0) is 12.4. The molecule has 0 amide bonds. The Hall–Kier alpha value is -1.71. The number of ketones is 1. The van der Waals surface area contributed by atoms with Crippen molar-refractivity contribution in [3.8, 4) is 17.2 Å². The predicted octanol–water partition coefficient (Wildman–Crippen LogP) is 2.45. The molecule has 0 saturated heterocycles. The van der Waals surface area contributed by atoms with Crippen molar-refractivity contribution in [3.63, 3.8) is 0 Å². The summed E-state index contributed by atoms with van der Waals surface area (Å²) < 4.78 is 16.1. The SMILES string of the molecule is CC[C@@H]1CC(=O)c2c(OC)cc(OC)cc2O1. The van der Waals surface area contributed by atoms with E-state index in [0.717, 1.165) is 6.42 Å². The van der Waals surface area contributed by atoms with Gasteiger partial charge in [0.05, 0.1) is 14.2 Å². The van der Waals surface area contributed by atoms with E-state index in [4.69, 9.17) is 14.2 Å². The zero-order valence-electron chi connectivity index (χ0n) is 10.3. The molecule has 0 fully saturated rings. The van der Waals surface area contributed by atoms with Crippen molar-refractivity contribution in [1.29, 1.82) is 0 Å². The van der Waals surface area contributed by atoms with Crippen LogP contribution in [-0.4, -0.2) is 26.1 Å². The minimum Gasteiger partial charge on any atom is -0.496 e. The van der Waals surface area contributed by atoms with Crippen LogP contribution in [0.3, 0.4) is 0 Å². The molecule has 0 saturated carbocycles. The molecule has 1 atom stereocenters. The first-order valence-electron chi connectivity index (χ1n) is 5.65. The van der Waals surface area contributed by atoms with E-state index in [-0.39, 0.29) is 11.9 Å². The summed E-state index contributed by atoms with van der Waals surface area (Å²) in [7, 11) is 3.11. The van der Waals surface area contributed by atoms with Crippen LogP contribution in [0.2, 0.25) is 0 Å². The second-order valence-electron chi connectivity index (χ2n) is 3.98. The Morgan fingerprint density at radius 3 is 2.71 bits per heavy atom. The average molecular weight is 236 g/mol. The Morgan fingerprint density at radius 1 is 1.35 bits per heavy atom. The van der Waals surface area contributed by atoms with E-state index in [2.05, 4.69) is 0 Å². The number of carbonyl (C=O) groups excluding carboxylic acids is 1. The fourth-order valence-electron chi connectivity index (χ4n) is 1.97. The molecule has 1 aromatic rings. The fraction of sp³-hybridized carbons (Fsp3) is 0.462. The van der Waals surface area contributed by atoms with Gasteiger partial charge in [-0.25, -0.2) is 0 Å². The maximum absolute atomic E-state index is 12.0. The normalized spacial score (nSPS) is 18.3. The Kier molecular flexibility index (Phi) is 3.22. The molecule has 1 aliphatic rings. The third kappa shape index (κ3) is 2.07. The van der Waals surface area contributed by atoms with E-state index in [1.165, 1.54) is 7.11 Å². The van der Waals surface area contributed by atoms with Gasteiger partial charge in [-0.05, 0) is 6.42 Å². The van der Waals surface area contributed by atoms with Gasteiger partial charge < -0.3 is 14.2 Å². The first-order valence-corrected chi connectivity index (χ1v) is 5.65. The fourth-order valence-corrected chi connectivity index (χ4v) is 1.97. The van der Waals surface area contributed by atoms with Crippen molar-refractivity contribution in [2.24, 2.45) is 0 Å². The summed E-state index contributed by atoms with van der Waals surface area (Å²) in [6, 6.07) is 3.43. The van der Waals surface area contributed by atoms with Crippen LogP contribution in [0.5, 0.6) is 17.2 Å². The Balaban J connectivity index is 2.50. The minimum absolute atomic E-state index is 0.0492. The van der Waals surface area contributed by atoms with Crippen molar-refractivity contribution in [2.45, 2.75) is 25.9 Å². The van der Waals surface area contributed by atoms with Gasteiger partial charge >= 0.3 is 0 Å². The Labute approximate surface area is 100 Å². The molecule has 2 rings (SSSR count). The molecule has 0 aliphatic carbocycles. The van der Waals surface area contributed by atoms with Gasteiger partial charge in [-0.1, -0.05) is 6.92 Å². The lowest BCUT2D eigenvalue weighted by molar-refractivity contribution is 0.0839. The highest BCUT2D eigenvalue weighted by molar-refractivity contribution is 6.02. The number of carbonyl (C=O) groups is 1. The average Bonchev–Trinajstić information content (AvgIpc) is 2.36. The van der Waals surface area contributed by atoms with Crippen molar-refractivity contribution >= 4 is 5.78 Å². The molecule has 0 radical (unpaired) electrons. The van der Waals surface area contributed by atoms with Crippen LogP contribution >= 0.6 is 0 Å². The summed E-state index contributed by atoms with van der Waals surface area (Å²) in [6.45, 7) is 2.00. The van der Waals surface area contributed by atoms with Gasteiger partial charge in [0.15, 0.2) is 5.78 Å². The number of hydrogen-bond acceptors (Lipinski definition) is 4. The number of fused-ring (bicyclic) bond motifs is 1. The molecule has 4 nitrogen and oxygen atoms in total. The first-order chi connectivity index (χ1) is 8.19. The smallest absolute Gasteiger partial charge is 0.174 e. The largest absolute Gasteiger partial charge is 0.496 e. The van der Waals surface area contributed by atoms with Crippen LogP contribution in [0.4, 0.5) is 0 Å². The second-order valence-corrected chi connectivity index (χ2v) is 3.98. The summed E-state index contributed by atoms with van der Waals surface area (Å²) in [5.74, 6) is 1.77. The van der Waals surface area contributed by atoms with Crippen LogP contribution in [-0.2, 0) is 0 Å². The molecular weight excluding hydrogens is 220 g/mol. The van der Waals surface area contributed by atoms with Gasteiger partial charge in [0, 0.05) is 18.6 Å². The standard InChI is InChI=1S/C13H16O4/c1-4-8-5-10(14)13-11(16-3)6-9(15-2)7-12(13)17-8/h6-8H,4-5H2,1-3H3/t8-/m1/s1.